The molecule has 172 valence electrons. The van der Waals surface area contributed by atoms with Gasteiger partial charge in [-0.05, 0) is 44.4 Å². The number of fused-ring (bicyclic) bond motifs is 9. The van der Waals surface area contributed by atoms with Gasteiger partial charge in [0.15, 0.2) is 0 Å². The van der Waals surface area contributed by atoms with Crippen molar-refractivity contribution >= 4 is 49.5 Å². The van der Waals surface area contributed by atoms with E-state index in [-0.39, 0.29) is 12.0 Å². The van der Waals surface area contributed by atoms with E-state index in [4.69, 9.17) is 4.74 Å². The number of aliphatic hydroxyl groups is 1. The monoisotopic (exact) mass is 453 g/mol. The van der Waals surface area contributed by atoms with E-state index < -0.39 is 11.8 Å². The number of aromatic nitrogens is 2. The number of nitrogens with one attached hydrogen (secondary N) is 1. The maximum atomic E-state index is 13.3. The van der Waals surface area contributed by atoms with Gasteiger partial charge in [-0.2, -0.15) is 0 Å². The highest BCUT2D eigenvalue weighted by molar-refractivity contribution is 6.30. The zero-order valence-corrected chi connectivity index (χ0v) is 19.6. The van der Waals surface area contributed by atoms with Crippen LogP contribution in [-0.4, -0.2) is 33.4 Å². The number of carbonyl (C=O) groups excluding carboxylic acids is 1. The maximum Gasteiger partial charge on any atom is 0.252 e. The number of ether oxygens (including phenoxy) is 1. The second-order valence-electron chi connectivity index (χ2n) is 10.2. The summed E-state index contributed by atoms with van der Waals surface area (Å²) in [4.78, 5) is 13.3. The lowest BCUT2D eigenvalue weighted by atomic mass is 9.92. The van der Waals surface area contributed by atoms with E-state index in [1.807, 2.05) is 18.2 Å². The molecule has 2 aliphatic heterocycles. The molecule has 4 heterocycles. The molecule has 2 aromatic heterocycles. The number of hydrogen-bond acceptors (Lipinski definition) is 3. The molecule has 0 saturated carbocycles. The predicted molar refractivity (Wildman–Crippen MR) is 134 cm³/mol. The highest BCUT2D eigenvalue weighted by Crippen LogP contribution is 2.49. The quantitative estimate of drug-likeness (QED) is 0.367. The van der Waals surface area contributed by atoms with Crippen LogP contribution < -0.4 is 5.32 Å². The first-order chi connectivity index (χ1) is 16.4. The van der Waals surface area contributed by atoms with E-state index in [2.05, 4.69) is 58.6 Å². The molecule has 0 bridgehead atoms. The Labute approximate surface area is 196 Å². The molecule has 0 saturated heterocycles. The van der Waals surface area contributed by atoms with Gasteiger partial charge in [0.2, 0.25) is 0 Å². The zero-order valence-electron chi connectivity index (χ0n) is 19.6. The van der Waals surface area contributed by atoms with Crippen LogP contribution in [0, 0.1) is 0 Å². The summed E-state index contributed by atoms with van der Waals surface area (Å²) < 4.78 is 10.5. The third-order valence-electron chi connectivity index (χ3n) is 8.15. The number of nitrogens with zero attached hydrogens (tertiary/aromatic N) is 2. The number of amides is 1. The fraction of sp³-hybridized carbons (Fsp3) is 0.321. The van der Waals surface area contributed by atoms with Crippen molar-refractivity contribution in [3.8, 4) is 0 Å². The number of benzene rings is 3. The average Bonchev–Trinajstić information content (AvgIpc) is 3.48. The van der Waals surface area contributed by atoms with Gasteiger partial charge in [-0.1, -0.05) is 36.4 Å². The lowest BCUT2D eigenvalue weighted by molar-refractivity contribution is -0.00423. The third-order valence-corrected chi connectivity index (χ3v) is 8.15. The minimum Gasteiger partial charge on any atom is -0.379 e. The SMILES string of the molecule is CO[C@@H]1CC[C@@H](O)n2c3ccccc3c3c4c(c5c6ccccc6n(c5c32)C1(C)C)CNC4=O. The molecule has 7 rings (SSSR count). The fourth-order valence-corrected chi connectivity index (χ4v) is 6.72. The number of carbonyl (C=O) groups is 1. The molecule has 34 heavy (non-hydrogen) atoms. The Hall–Kier alpha value is -3.35. The Morgan fingerprint density at radius 2 is 1.65 bits per heavy atom. The van der Waals surface area contributed by atoms with E-state index in [0.29, 0.717) is 19.4 Å². The van der Waals surface area contributed by atoms with Gasteiger partial charge in [-0.25, -0.2) is 0 Å². The molecule has 6 heteroatoms. The lowest BCUT2D eigenvalue weighted by Gasteiger charge is -2.36. The summed E-state index contributed by atoms with van der Waals surface area (Å²) in [6.07, 6.45) is 0.440. The van der Waals surface area contributed by atoms with E-state index in [9.17, 15) is 9.90 Å². The van der Waals surface area contributed by atoms with Crippen LogP contribution in [0.15, 0.2) is 48.5 Å². The molecule has 3 aromatic carbocycles. The summed E-state index contributed by atoms with van der Waals surface area (Å²) in [6, 6.07) is 16.6. The van der Waals surface area contributed by atoms with Gasteiger partial charge in [0.25, 0.3) is 5.91 Å². The number of para-hydroxylation sites is 2. The molecule has 0 aliphatic carbocycles. The molecule has 2 atom stereocenters. The largest absolute Gasteiger partial charge is 0.379 e. The van der Waals surface area contributed by atoms with Crippen LogP contribution in [0.5, 0.6) is 0 Å². The molecule has 0 unspecified atom stereocenters. The van der Waals surface area contributed by atoms with Gasteiger partial charge in [0, 0.05) is 40.7 Å². The number of hydrogen-bond donors (Lipinski definition) is 2. The maximum absolute atomic E-state index is 13.3. The number of aliphatic hydroxyl groups excluding tert-OH is 1. The molecule has 0 spiro atoms. The van der Waals surface area contributed by atoms with Crippen LogP contribution in [0.4, 0.5) is 0 Å². The molecule has 2 N–H and O–H groups in total. The Morgan fingerprint density at radius 1 is 0.971 bits per heavy atom. The van der Waals surface area contributed by atoms with Crippen LogP contribution in [0.1, 0.15) is 48.8 Å². The fourth-order valence-electron chi connectivity index (χ4n) is 6.72. The summed E-state index contributed by atoms with van der Waals surface area (Å²) in [5.74, 6) is -0.0416. The van der Waals surface area contributed by atoms with Gasteiger partial charge in [-0.15, -0.1) is 0 Å². The zero-order chi connectivity index (χ0) is 23.4. The summed E-state index contributed by atoms with van der Waals surface area (Å²) in [5.41, 5.74) is 5.46. The second-order valence-corrected chi connectivity index (χ2v) is 10.2. The van der Waals surface area contributed by atoms with Crippen molar-refractivity contribution in [1.29, 1.82) is 0 Å². The molecule has 5 aromatic rings. The smallest absolute Gasteiger partial charge is 0.252 e. The van der Waals surface area contributed by atoms with Crippen molar-refractivity contribution in [3.63, 3.8) is 0 Å². The first-order valence-corrected chi connectivity index (χ1v) is 11.9. The Kier molecular flexibility index (Phi) is 3.90. The van der Waals surface area contributed by atoms with Gasteiger partial charge in [0.1, 0.15) is 6.23 Å². The van der Waals surface area contributed by atoms with Crippen LogP contribution >= 0.6 is 0 Å². The van der Waals surface area contributed by atoms with Crippen LogP contribution in [0.3, 0.4) is 0 Å². The highest BCUT2D eigenvalue weighted by atomic mass is 16.5. The number of methoxy groups -OCH3 is 1. The van der Waals surface area contributed by atoms with Crippen molar-refractivity contribution in [3.05, 3.63) is 59.7 Å². The standard InChI is InChI=1S/C28H27N3O3/c1-28(2)20(34-3)12-13-21(32)30-18-10-6-4-8-15(18)23-24-17(14-29-27(24)33)22-16-9-5-7-11-19(16)31(28)26(22)25(23)30/h4-11,20-21,32H,12-14H2,1-3H3,(H,29,33)/t20-,21-/m1/s1. The van der Waals surface area contributed by atoms with Gasteiger partial charge in [-0.3, -0.25) is 4.79 Å². The molecule has 0 fully saturated rings. The van der Waals surface area contributed by atoms with E-state index in [1.165, 1.54) is 0 Å². The first-order valence-electron chi connectivity index (χ1n) is 11.9. The normalized spacial score (nSPS) is 21.8. The lowest BCUT2D eigenvalue weighted by Crippen LogP contribution is -2.40. The minimum absolute atomic E-state index is 0.0416. The van der Waals surface area contributed by atoms with Crippen molar-refractivity contribution in [2.75, 3.05) is 7.11 Å². The average molecular weight is 454 g/mol. The van der Waals surface area contributed by atoms with Crippen molar-refractivity contribution < 1.29 is 14.6 Å². The molecular formula is C28H27N3O3. The van der Waals surface area contributed by atoms with Crippen LogP contribution in [0.2, 0.25) is 0 Å². The van der Waals surface area contributed by atoms with Crippen LogP contribution in [0.25, 0.3) is 43.6 Å². The summed E-state index contributed by atoms with van der Waals surface area (Å²) >= 11 is 0. The summed E-state index contributed by atoms with van der Waals surface area (Å²) in [6.45, 7) is 4.95. The minimum atomic E-state index is -0.730. The first kappa shape index (κ1) is 20.1. The highest BCUT2D eigenvalue weighted by Gasteiger charge is 2.40. The van der Waals surface area contributed by atoms with Crippen molar-refractivity contribution in [2.45, 2.75) is 51.1 Å². The van der Waals surface area contributed by atoms with Crippen molar-refractivity contribution in [1.82, 2.24) is 14.5 Å². The molecular weight excluding hydrogens is 426 g/mol. The Morgan fingerprint density at radius 3 is 2.38 bits per heavy atom. The van der Waals surface area contributed by atoms with Gasteiger partial charge < -0.3 is 24.3 Å². The predicted octanol–water partition coefficient (Wildman–Crippen LogP) is 5.18. The molecule has 0 radical (unpaired) electrons. The van der Waals surface area contributed by atoms with Gasteiger partial charge >= 0.3 is 0 Å². The third kappa shape index (κ3) is 2.25. The van der Waals surface area contributed by atoms with E-state index >= 15 is 0 Å². The molecule has 2 aliphatic rings. The Balaban J connectivity index is 1.88. The Bertz CT molecular complexity index is 1670. The van der Waals surface area contributed by atoms with E-state index in [1.54, 1.807) is 7.11 Å². The van der Waals surface area contributed by atoms with Gasteiger partial charge in [0.05, 0.1) is 33.8 Å². The number of rotatable bonds is 1. The van der Waals surface area contributed by atoms with E-state index in [0.717, 1.165) is 54.7 Å². The summed E-state index contributed by atoms with van der Waals surface area (Å²) in [7, 11) is 1.76. The topological polar surface area (TPSA) is 68.4 Å². The molecule has 6 nitrogen and oxygen atoms in total. The van der Waals surface area contributed by atoms with Crippen LogP contribution in [-0.2, 0) is 16.8 Å². The second kappa shape index (κ2) is 6.62. The van der Waals surface area contributed by atoms with Crippen molar-refractivity contribution in [2.24, 2.45) is 0 Å². The summed E-state index contributed by atoms with van der Waals surface area (Å²) in [5, 5.41) is 18.8. The molecule has 1 amide bonds.